The van der Waals surface area contributed by atoms with Gasteiger partial charge in [0.25, 0.3) is 5.91 Å². The number of nitrogens with one attached hydrogen (secondary N) is 2. The first-order valence-corrected chi connectivity index (χ1v) is 47.4. The molecule has 8 atom stereocenters. The molecule has 39 nitrogen and oxygen atoms in total. The molecule has 806 valence electrons. The summed E-state index contributed by atoms with van der Waals surface area (Å²) in [6, 6.07) is 12.3. The third-order valence-electron chi connectivity index (χ3n) is 23.2. The Morgan fingerprint density at radius 3 is 1.04 bits per heavy atom. The zero-order valence-electron chi connectivity index (χ0n) is 81.0. The van der Waals surface area contributed by atoms with Crippen molar-refractivity contribution in [2.24, 2.45) is 0 Å². The number of aromatic amines is 1. The maximum absolute atomic E-state index is 15.4. The van der Waals surface area contributed by atoms with E-state index in [0.717, 1.165) is 126 Å². The number of amides is 1. The second-order valence-electron chi connectivity index (χ2n) is 33.3. The number of nitriles is 2. The van der Waals surface area contributed by atoms with Crippen molar-refractivity contribution in [3.8, 4) is 52.1 Å². The number of aromatic nitrogens is 15. The van der Waals surface area contributed by atoms with Gasteiger partial charge >= 0.3 is 52.9 Å². The number of halogens is 16. The van der Waals surface area contributed by atoms with Crippen LogP contribution in [0.4, 0.5) is 71.5 Å². The van der Waals surface area contributed by atoms with E-state index in [1.807, 2.05) is 6.92 Å². The number of H-pyrrole nitrogens is 1. The van der Waals surface area contributed by atoms with E-state index < -0.39 is 188 Å². The second kappa shape index (κ2) is 52.7. The SMILES string of the molecule is CCn1c(COC2CCCCO2)n[nH]c1=O.CCn1c(COC2CCCCO2)nn(-c2cc(F)c(C#N)cc2F)c1=O.CCn1c(COC2CCCCO2)nn(-c2cc(O[C@@H](C)C(F)(F)F)c(C#N)cc2F)c1=O.CCn1c(COC2CCCCO2)nn(-c2cc(O[C@@H](C)C(F)(F)F)c(C(=O)Nc3c(F)cccc3Cl)cc2F)c1=O.CCn1c(COC2CCCCO2)nn(-c2cc(O[C@@H](C)C(F)(F)F)c(C(=O)O)cc2F)c1=O. The van der Waals surface area contributed by atoms with Crippen LogP contribution in [0.25, 0.3) is 22.7 Å². The Morgan fingerprint density at radius 1 is 0.426 bits per heavy atom. The Hall–Kier alpha value is -13.0. The number of carboxylic acids is 1. The molecule has 5 unspecified atom stereocenters. The molecule has 0 saturated carbocycles. The smallest absolute Gasteiger partial charge is 0.425 e. The molecule has 10 heterocycles. The predicted molar refractivity (Wildman–Crippen MR) is 488 cm³/mol. The van der Waals surface area contributed by atoms with Crippen LogP contribution in [-0.2, 0) is 113 Å². The molecule has 5 aliphatic rings. The minimum atomic E-state index is -4.86. The summed E-state index contributed by atoms with van der Waals surface area (Å²) >= 11 is 5.93. The third kappa shape index (κ3) is 29.8. The predicted octanol–water partition coefficient (Wildman–Crippen LogP) is 15.2. The van der Waals surface area contributed by atoms with E-state index in [2.05, 4.69) is 35.9 Å². The fraction of sp³-hybridized carbons (Fsp3) is 0.527. The molecule has 5 aliphatic heterocycles. The van der Waals surface area contributed by atoms with Crippen LogP contribution in [0, 0.1) is 57.6 Å². The Bertz CT molecular complexity index is 6590. The van der Waals surface area contributed by atoms with Crippen molar-refractivity contribution in [2.45, 2.75) is 286 Å². The van der Waals surface area contributed by atoms with Crippen LogP contribution in [0.15, 0.2) is 90.7 Å². The average Bonchev–Trinajstić information content (AvgIpc) is 1.64. The standard InChI is InChI=1S/C26H26ClF5N4O5.C20H22F4N4O4.C20H23F4N3O6.C17H18F2N4O3.C10H17N3O3/c1-3-35-21(13-40-22-9-4-5-10-39-22)34-36(25(35)38)19-12-20(41-14(2)26(30,31)32)15(11-18(19)29)24(37)33-23-16(27)7-6-8-17(23)28;1-3-27-17(11-31-18-6-4-5-7-30-18)26-28(19(27)29)15-9-16(13(10-25)8-14(15)21)32-12(2)20(22,23)24;1-3-26-16(10-32-17-6-4-5-7-31-17)25-27(19(26)30)14-9-15(33-11(2)20(22,23)24)12(18(28)29)8-13(14)21;1-2-22-15(10-26-16-5-3-4-6-25-16)21-23(17(22)24)14-8-12(18)11(9-20)7-13(14)19;1-2-13-8(11-12-10(13)14)7-16-9-5-3-4-6-15-9/h6-8,11-12,14,22H,3-5,9-10,13H2,1-2H3,(H,33,37);8-9,12,18H,3-7,11H2,1-2H3;8-9,11,17H,3-7,10H2,1-2H3,(H,28,29);7-8,16H,2-6,10H2,1H3;9H,2-7H2,1H3,(H,12,14)/t14-,22?;12-,18?;11-,17?;;/m000../s1. The largest absolute Gasteiger partial charge is 0.480 e. The van der Waals surface area contributed by atoms with Crippen molar-refractivity contribution in [3.05, 3.63) is 210 Å². The second-order valence-corrected chi connectivity index (χ2v) is 33.7. The highest BCUT2D eigenvalue weighted by atomic mass is 35.5. The molecular formula is C93H106ClF15N18O21. The van der Waals surface area contributed by atoms with Crippen molar-refractivity contribution in [3.63, 3.8) is 0 Å². The lowest BCUT2D eigenvalue weighted by Gasteiger charge is -2.22. The monoisotopic (exact) mass is 2130 g/mol. The van der Waals surface area contributed by atoms with Gasteiger partial charge in [-0.3, -0.25) is 27.6 Å². The van der Waals surface area contributed by atoms with E-state index in [0.29, 0.717) is 123 Å². The van der Waals surface area contributed by atoms with E-state index in [4.69, 9.17) is 83.7 Å². The lowest BCUT2D eigenvalue weighted by molar-refractivity contribution is -0.189. The van der Waals surface area contributed by atoms with Gasteiger partial charge in [-0.15, -0.1) is 20.4 Å². The number of hydrogen-bond donors (Lipinski definition) is 3. The molecule has 15 rings (SSSR count). The van der Waals surface area contributed by atoms with Gasteiger partial charge in [0, 0.05) is 90.0 Å². The van der Waals surface area contributed by atoms with Gasteiger partial charge in [-0.2, -0.15) is 73.9 Å². The molecule has 5 aromatic carbocycles. The first-order chi connectivity index (χ1) is 70.4. The lowest BCUT2D eigenvalue weighted by atomic mass is 10.1. The average molecular weight is 2130 g/mol. The summed E-state index contributed by atoms with van der Waals surface area (Å²) < 4.78 is 284. The molecule has 0 bridgehead atoms. The molecule has 0 aliphatic carbocycles. The number of hydrogen-bond acceptors (Lipinski definition) is 27. The number of ether oxygens (including phenoxy) is 13. The molecular weight excluding hydrogens is 2030 g/mol. The number of carbonyl (C=O) groups is 2. The fourth-order valence-electron chi connectivity index (χ4n) is 15.1. The van der Waals surface area contributed by atoms with E-state index in [-0.39, 0.29) is 98.3 Å². The molecule has 0 spiro atoms. The molecule has 10 aromatic rings. The maximum atomic E-state index is 15.4. The first kappa shape index (κ1) is 115. The molecule has 5 saturated heterocycles. The summed E-state index contributed by atoms with van der Waals surface area (Å²) in [5.41, 5.74) is -7.92. The number of anilines is 1. The number of carboxylic acid groups (broad SMARTS) is 1. The molecule has 55 heteroatoms. The van der Waals surface area contributed by atoms with E-state index in [9.17, 15) is 100 Å². The number of nitrogens with zero attached hydrogens (tertiary/aromatic N) is 16. The first-order valence-electron chi connectivity index (χ1n) is 47.0. The van der Waals surface area contributed by atoms with Gasteiger partial charge in [-0.1, -0.05) is 17.7 Å². The summed E-state index contributed by atoms with van der Waals surface area (Å²) in [5.74, 6) is -9.67. The molecule has 5 aromatic heterocycles. The Labute approximate surface area is 837 Å². The van der Waals surface area contributed by atoms with Crippen LogP contribution in [0.5, 0.6) is 17.2 Å². The van der Waals surface area contributed by atoms with E-state index in [1.165, 1.54) is 30.4 Å². The summed E-state index contributed by atoms with van der Waals surface area (Å²) in [5, 5.41) is 51.8. The highest BCUT2D eigenvalue weighted by molar-refractivity contribution is 6.34. The van der Waals surface area contributed by atoms with Crippen LogP contribution < -0.4 is 48.0 Å². The lowest BCUT2D eigenvalue weighted by Crippen LogP contribution is -2.32. The maximum Gasteiger partial charge on any atom is 0.425 e. The van der Waals surface area contributed by atoms with Gasteiger partial charge in [0.2, 0.25) is 0 Å². The number of para-hydroxylation sites is 1. The number of benzene rings is 5. The minimum absolute atomic E-state index is 0.0150. The normalized spacial score (nSPS) is 17.6. The Morgan fingerprint density at radius 2 is 0.730 bits per heavy atom. The van der Waals surface area contributed by atoms with Gasteiger partial charge in [0.15, 0.2) is 90.5 Å². The molecule has 148 heavy (non-hydrogen) atoms. The van der Waals surface area contributed by atoms with Crippen LogP contribution in [-0.4, -0.2) is 190 Å². The van der Waals surface area contributed by atoms with Crippen LogP contribution in [0.3, 0.4) is 0 Å². The third-order valence-corrected chi connectivity index (χ3v) is 23.5. The Balaban J connectivity index is 0.000000180. The summed E-state index contributed by atoms with van der Waals surface area (Å²) in [7, 11) is 0. The van der Waals surface area contributed by atoms with Crippen molar-refractivity contribution in [1.29, 1.82) is 10.5 Å². The van der Waals surface area contributed by atoms with Gasteiger partial charge in [0.05, 0.1) is 27.4 Å². The van der Waals surface area contributed by atoms with Gasteiger partial charge < -0.3 is 72.0 Å². The van der Waals surface area contributed by atoms with Crippen molar-refractivity contribution < 1.29 is 142 Å². The summed E-state index contributed by atoms with van der Waals surface area (Å²) in [6.07, 6.45) is -9.96. The number of rotatable bonds is 33. The topological polar surface area (TPSA) is 444 Å². The molecule has 0 radical (unpaired) electrons. The molecule has 1 amide bonds. The van der Waals surface area contributed by atoms with Gasteiger partial charge in [-0.05, 0) is 188 Å². The zero-order chi connectivity index (χ0) is 108. The fourth-order valence-corrected chi connectivity index (χ4v) is 15.3. The highest BCUT2D eigenvalue weighted by Gasteiger charge is 2.43. The number of carbonyl (C=O) groups excluding carboxylic acids is 1. The Kier molecular flexibility index (Phi) is 41.0. The minimum Gasteiger partial charge on any atom is -0.480 e. The van der Waals surface area contributed by atoms with Gasteiger partial charge in [0.1, 0.15) is 114 Å². The van der Waals surface area contributed by atoms with Crippen LogP contribution in [0.2, 0.25) is 5.02 Å². The summed E-state index contributed by atoms with van der Waals surface area (Å²) in [4.78, 5) is 86.9. The van der Waals surface area contributed by atoms with Crippen LogP contribution >= 0.6 is 11.6 Å². The quantitative estimate of drug-likeness (QED) is 0.0322. The van der Waals surface area contributed by atoms with E-state index >= 15 is 4.39 Å². The van der Waals surface area contributed by atoms with Crippen molar-refractivity contribution in [2.75, 3.05) is 38.4 Å². The number of alkyl halides is 9. The molecule has 5 fully saturated rings. The highest BCUT2D eigenvalue weighted by Crippen LogP contribution is 2.37. The van der Waals surface area contributed by atoms with Gasteiger partial charge in [-0.25, -0.2) is 60.2 Å². The van der Waals surface area contributed by atoms with E-state index in [1.54, 1.807) is 44.4 Å². The van der Waals surface area contributed by atoms with Crippen LogP contribution in [0.1, 0.15) is 213 Å². The van der Waals surface area contributed by atoms with Crippen molar-refractivity contribution >= 4 is 29.2 Å². The molecule has 3 N–H and O–H groups in total. The van der Waals surface area contributed by atoms with Crippen molar-refractivity contribution in [1.82, 2.24) is 72.2 Å². The summed E-state index contributed by atoms with van der Waals surface area (Å²) in [6.45, 7) is 15.1. The zero-order valence-corrected chi connectivity index (χ0v) is 81.8. The number of aromatic carboxylic acids is 1.